The molecule has 1 amide bonds. The van der Waals surface area contributed by atoms with Gasteiger partial charge in [-0.1, -0.05) is 30.3 Å². The molecule has 6 nitrogen and oxygen atoms in total. The summed E-state index contributed by atoms with van der Waals surface area (Å²) < 4.78 is 4.81. The number of nitrogens with two attached hydrogens (primary N) is 1. The van der Waals surface area contributed by atoms with Crippen LogP contribution in [0.4, 0.5) is 0 Å². The van der Waals surface area contributed by atoms with E-state index in [0.717, 1.165) is 42.9 Å². The highest BCUT2D eigenvalue weighted by molar-refractivity contribution is 7.71. The Hall–Kier alpha value is -2.29. The first-order chi connectivity index (χ1) is 15.0. The van der Waals surface area contributed by atoms with Gasteiger partial charge in [0.2, 0.25) is 5.91 Å². The van der Waals surface area contributed by atoms with Crippen LogP contribution in [0.1, 0.15) is 46.4 Å². The van der Waals surface area contributed by atoms with Crippen molar-refractivity contribution in [3.8, 4) is 0 Å². The molecule has 0 spiro atoms. The minimum Gasteiger partial charge on any atom is -0.370 e. The van der Waals surface area contributed by atoms with Crippen molar-refractivity contribution in [1.82, 2.24) is 19.2 Å². The number of carbonyl (C=O) groups excluding carboxylic acids is 1. The van der Waals surface area contributed by atoms with E-state index >= 15 is 0 Å². The molecule has 0 unspecified atom stereocenters. The van der Waals surface area contributed by atoms with Gasteiger partial charge in [-0.05, 0) is 56.1 Å². The first-order valence-corrected chi connectivity index (χ1v) is 12.0. The van der Waals surface area contributed by atoms with E-state index in [-0.39, 0.29) is 5.91 Å². The molecule has 2 heterocycles. The SMILES string of the molecule is Cc1ccc(CN(CCc2ccccc2)Cn2nc(CCC(N)=O)n(C3CC3)c2=S)s1. The summed E-state index contributed by atoms with van der Waals surface area (Å²) in [6, 6.07) is 15.3. The fraction of sp³-hybridized carbons (Fsp3) is 0.435. The third-order valence-corrected chi connectivity index (χ3v) is 6.91. The lowest BCUT2D eigenvalue weighted by molar-refractivity contribution is -0.118. The summed E-state index contributed by atoms with van der Waals surface area (Å²) in [5, 5.41) is 4.81. The molecule has 1 aromatic carbocycles. The van der Waals surface area contributed by atoms with Crippen LogP contribution >= 0.6 is 23.6 Å². The standard InChI is InChI=1S/C23H29N5OS2/c1-17-7-10-20(31-17)15-26(14-13-18-5-3-2-4-6-18)16-27-23(30)28(19-8-9-19)22(25-27)12-11-21(24)29/h2-7,10,19H,8-9,11-16H2,1H3,(H2,24,29). The minimum absolute atomic E-state index is 0.296. The number of thiophene rings is 1. The Morgan fingerprint density at radius 3 is 2.65 bits per heavy atom. The van der Waals surface area contributed by atoms with Crippen LogP contribution < -0.4 is 5.73 Å². The Morgan fingerprint density at radius 2 is 2.00 bits per heavy atom. The molecule has 0 atom stereocenters. The zero-order chi connectivity index (χ0) is 21.8. The Kier molecular flexibility index (Phi) is 6.99. The molecule has 3 aromatic rings. The monoisotopic (exact) mass is 455 g/mol. The maximum atomic E-state index is 11.3. The smallest absolute Gasteiger partial charge is 0.217 e. The van der Waals surface area contributed by atoms with Gasteiger partial charge >= 0.3 is 0 Å². The number of aryl methyl sites for hydroxylation is 2. The van der Waals surface area contributed by atoms with Crippen molar-refractivity contribution in [2.75, 3.05) is 6.54 Å². The van der Waals surface area contributed by atoms with E-state index in [2.05, 4.69) is 52.8 Å². The van der Waals surface area contributed by atoms with Gasteiger partial charge in [-0.2, -0.15) is 5.10 Å². The molecule has 1 aliphatic carbocycles. The topological polar surface area (TPSA) is 69.1 Å². The lowest BCUT2D eigenvalue weighted by Gasteiger charge is -2.21. The number of hydrogen-bond donors (Lipinski definition) is 1. The number of rotatable bonds is 11. The molecule has 2 aromatic heterocycles. The first kappa shape index (κ1) is 21.9. The van der Waals surface area contributed by atoms with E-state index in [1.807, 2.05) is 22.1 Å². The fourth-order valence-electron chi connectivity index (χ4n) is 3.77. The summed E-state index contributed by atoms with van der Waals surface area (Å²) in [7, 11) is 0. The predicted molar refractivity (Wildman–Crippen MR) is 126 cm³/mol. The van der Waals surface area contributed by atoms with E-state index in [1.165, 1.54) is 15.3 Å². The third kappa shape index (κ3) is 5.90. The Morgan fingerprint density at radius 1 is 1.23 bits per heavy atom. The Bertz CT molecular complexity index is 1080. The van der Waals surface area contributed by atoms with Crippen LogP contribution in [-0.2, 0) is 30.8 Å². The van der Waals surface area contributed by atoms with Crippen LogP contribution in [0.5, 0.6) is 0 Å². The molecular formula is C23H29N5OS2. The summed E-state index contributed by atoms with van der Waals surface area (Å²) in [4.78, 5) is 16.4. The molecule has 2 N–H and O–H groups in total. The highest BCUT2D eigenvalue weighted by Crippen LogP contribution is 2.36. The molecule has 1 saturated carbocycles. The first-order valence-electron chi connectivity index (χ1n) is 10.8. The van der Waals surface area contributed by atoms with E-state index in [4.69, 9.17) is 23.1 Å². The lowest BCUT2D eigenvalue weighted by Crippen LogP contribution is -2.29. The normalized spacial score (nSPS) is 13.7. The van der Waals surface area contributed by atoms with Gasteiger partial charge in [0.1, 0.15) is 5.82 Å². The van der Waals surface area contributed by atoms with Gasteiger partial charge in [0.25, 0.3) is 0 Å². The number of benzene rings is 1. The van der Waals surface area contributed by atoms with Crippen molar-refractivity contribution >= 4 is 29.5 Å². The molecular weight excluding hydrogens is 426 g/mol. The Labute approximate surface area is 192 Å². The van der Waals surface area contributed by atoms with Gasteiger partial charge < -0.3 is 10.3 Å². The van der Waals surface area contributed by atoms with Crippen LogP contribution in [0.2, 0.25) is 0 Å². The zero-order valence-corrected chi connectivity index (χ0v) is 19.5. The minimum atomic E-state index is -0.305. The van der Waals surface area contributed by atoms with Crippen LogP contribution in [0.25, 0.3) is 0 Å². The third-order valence-electron chi connectivity index (χ3n) is 5.52. The average molecular weight is 456 g/mol. The highest BCUT2D eigenvalue weighted by Gasteiger charge is 2.28. The number of carbonyl (C=O) groups is 1. The van der Waals surface area contributed by atoms with Gasteiger partial charge in [0.15, 0.2) is 4.77 Å². The van der Waals surface area contributed by atoms with E-state index in [0.29, 0.717) is 25.6 Å². The van der Waals surface area contributed by atoms with Crippen LogP contribution in [-0.4, -0.2) is 31.7 Å². The van der Waals surface area contributed by atoms with Gasteiger partial charge in [0.05, 0.1) is 6.67 Å². The van der Waals surface area contributed by atoms with Crippen LogP contribution in [0, 0.1) is 11.7 Å². The second-order valence-corrected chi connectivity index (χ2v) is 9.95. The van der Waals surface area contributed by atoms with Gasteiger partial charge in [-0.3, -0.25) is 9.69 Å². The maximum absolute atomic E-state index is 11.3. The van der Waals surface area contributed by atoms with Crippen molar-refractivity contribution < 1.29 is 4.79 Å². The van der Waals surface area contributed by atoms with Crippen molar-refractivity contribution in [2.45, 2.75) is 58.3 Å². The van der Waals surface area contributed by atoms with Gasteiger partial charge in [-0.25, -0.2) is 4.68 Å². The number of aromatic nitrogens is 3. The van der Waals surface area contributed by atoms with Crippen LogP contribution in [0.15, 0.2) is 42.5 Å². The zero-order valence-electron chi connectivity index (χ0n) is 17.9. The number of amides is 1. The summed E-state index contributed by atoms with van der Waals surface area (Å²) >= 11 is 7.63. The average Bonchev–Trinajstić information content (AvgIpc) is 3.43. The molecule has 0 aliphatic heterocycles. The van der Waals surface area contributed by atoms with Crippen LogP contribution in [0.3, 0.4) is 0 Å². The molecule has 0 saturated heterocycles. The largest absolute Gasteiger partial charge is 0.370 e. The number of nitrogens with zero attached hydrogens (tertiary/aromatic N) is 4. The van der Waals surface area contributed by atoms with E-state index in [1.54, 1.807) is 0 Å². The molecule has 0 bridgehead atoms. The molecule has 4 rings (SSSR count). The molecule has 0 radical (unpaired) electrons. The number of primary amides is 1. The van der Waals surface area contributed by atoms with Gasteiger partial charge in [-0.15, -0.1) is 11.3 Å². The molecule has 8 heteroatoms. The van der Waals surface area contributed by atoms with Gasteiger partial charge in [0, 0.05) is 41.7 Å². The molecule has 164 valence electrons. The summed E-state index contributed by atoms with van der Waals surface area (Å²) in [5.41, 5.74) is 6.70. The van der Waals surface area contributed by atoms with Crippen molar-refractivity contribution in [3.05, 3.63) is 68.4 Å². The predicted octanol–water partition coefficient (Wildman–Crippen LogP) is 4.24. The van der Waals surface area contributed by atoms with E-state index in [9.17, 15) is 4.79 Å². The second kappa shape index (κ2) is 9.89. The lowest BCUT2D eigenvalue weighted by atomic mass is 10.1. The van der Waals surface area contributed by atoms with Crippen molar-refractivity contribution in [2.24, 2.45) is 5.73 Å². The summed E-state index contributed by atoms with van der Waals surface area (Å²) in [6.45, 7) is 4.54. The van der Waals surface area contributed by atoms with E-state index < -0.39 is 0 Å². The van der Waals surface area contributed by atoms with Crippen molar-refractivity contribution in [3.63, 3.8) is 0 Å². The summed E-state index contributed by atoms with van der Waals surface area (Å²) in [6.07, 6.45) is 4.04. The molecule has 1 fully saturated rings. The molecule has 1 aliphatic rings. The number of hydrogen-bond acceptors (Lipinski definition) is 5. The fourth-order valence-corrected chi connectivity index (χ4v) is 5.06. The van der Waals surface area contributed by atoms with Crippen molar-refractivity contribution in [1.29, 1.82) is 0 Å². The second-order valence-electron chi connectivity index (χ2n) is 8.21. The summed E-state index contributed by atoms with van der Waals surface area (Å²) in [5.74, 6) is 0.571. The highest BCUT2D eigenvalue weighted by atomic mass is 32.1. The Balaban J connectivity index is 1.54. The quantitative estimate of drug-likeness (QED) is 0.439. The maximum Gasteiger partial charge on any atom is 0.217 e. The molecule has 31 heavy (non-hydrogen) atoms.